The van der Waals surface area contributed by atoms with Gasteiger partial charge in [-0.1, -0.05) is 6.58 Å². The van der Waals surface area contributed by atoms with Gasteiger partial charge in [-0.05, 0) is 0 Å². The molecule has 56 valence electrons. The van der Waals surface area contributed by atoms with E-state index in [0.29, 0.717) is 0 Å². The first kappa shape index (κ1) is 8.44. The van der Waals surface area contributed by atoms with Crippen molar-refractivity contribution in [3.05, 3.63) is 12.7 Å². The largest absolute Gasteiger partial charge is 0.473 e. The third kappa shape index (κ3) is 3.44. The Balaban J connectivity index is 3.44. The first-order valence-corrected chi connectivity index (χ1v) is 2.15. The molecule has 6 heteroatoms. The molecule has 0 radical (unpaired) electrons. The summed E-state index contributed by atoms with van der Waals surface area (Å²) in [4.78, 5) is 27.4. The Labute approximate surface area is 55.9 Å². The average molecular weight is 147 g/mol. The van der Waals surface area contributed by atoms with E-state index >= 15 is 0 Å². The number of amides is 1. The Hall–Kier alpha value is -1.56. The van der Waals surface area contributed by atoms with Crippen molar-refractivity contribution in [3.8, 4) is 0 Å². The molecule has 0 unspecified atom stereocenters. The Morgan fingerprint density at radius 3 is 2.50 bits per heavy atom. The zero-order valence-corrected chi connectivity index (χ0v) is 4.86. The molecule has 6 nitrogen and oxygen atoms in total. The van der Waals surface area contributed by atoms with Crippen molar-refractivity contribution in [2.24, 2.45) is 0 Å². The van der Waals surface area contributed by atoms with E-state index in [0.717, 1.165) is 11.6 Å². The predicted molar refractivity (Wildman–Crippen MR) is 27.7 cm³/mol. The third-order valence-corrected chi connectivity index (χ3v) is 0.457. The summed E-state index contributed by atoms with van der Waals surface area (Å²) in [5.41, 5.74) is 1.07. The molecule has 0 saturated carbocycles. The van der Waals surface area contributed by atoms with Crippen LogP contribution in [0.5, 0.6) is 0 Å². The Morgan fingerprint density at radius 2 is 2.10 bits per heavy atom. The van der Waals surface area contributed by atoms with Crippen molar-refractivity contribution < 1.29 is 24.6 Å². The highest BCUT2D eigenvalue weighted by molar-refractivity contribution is 5.81. The molecule has 0 aliphatic carbocycles. The molecular weight excluding hydrogens is 142 g/mol. The number of hydrogen-bond acceptors (Lipinski definition) is 5. The monoisotopic (exact) mass is 147 g/mol. The van der Waals surface area contributed by atoms with Crippen LogP contribution >= 0.6 is 0 Å². The van der Waals surface area contributed by atoms with E-state index in [4.69, 9.17) is 5.21 Å². The van der Waals surface area contributed by atoms with Crippen molar-refractivity contribution >= 4 is 12.1 Å². The molecular formula is C4H5NO5. The molecule has 10 heavy (non-hydrogen) atoms. The SMILES string of the molecule is C=CC(=O)OOC(=O)NO. The lowest BCUT2D eigenvalue weighted by atomic mass is 10.7. The zero-order chi connectivity index (χ0) is 7.98. The molecule has 0 atom stereocenters. The van der Waals surface area contributed by atoms with Crippen LogP contribution in [-0.4, -0.2) is 17.3 Å². The van der Waals surface area contributed by atoms with E-state index in [1.807, 2.05) is 0 Å². The number of hydrogen-bond donors (Lipinski definition) is 2. The van der Waals surface area contributed by atoms with Crippen LogP contribution in [0.1, 0.15) is 0 Å². The van der Waals surface area contributed by atoms with Gasteiger partial charge in [0, 0.05) is 6.08 Å². The lowest BCUT2D eigenvalue weighted by Gasteiger charge is -1.96. The molecule has 0 bridgehead atoms. The van der Waals surface area contributed by atoms with E-state index in [-0.39, 0.29) is 0 Å². The second-order valence-electron chi connectivity index (χ2n) is 1.09. The quantitative estimate of drug-likeness (QED) is 0.231. The number of carbonyl (C=O) groups excluding carboxylic acids is 2. The van der Waals surface area contributed by atoms with Gasteiger partial charge in [0.1, 0.15) is 0 Å². The van der Waals surface area contributed by atoms with Crippen LogP contribution < -0.4 is 5.48 Å². The summed E-state index contributed by atoms with van der Waals surface area (Å²) in [5.74, 6) is -0.927. The summed E-state index contributed by atoms with van der Waals surface area (Å²) in [6.07, 6.45) is -0.486. The second-order valence-corrected chi connectivity index (χ2v) is 1.09. The molecule has 0 aromatic carbocycles. The second kappa shape index (κ2) is 4.33. The highest BCUT2D eigenvalue weighted by Gasteiger charge is 2.02. The van der Waals surface area contributed by atoms with Gasteiger partial charge in [-0.3, -0.25) is 5.21 Å². The minimum atomic E-state index is -1.28. The van der Waals surface area contributed by atoms with Crippen molar-refractivity contribution in [2.45, 2.75) is 0 Å². The number of carbonyl (C=O) groups is 2. The molecule has 2 N–H and O–H groups in total. The summed E-state index contributed by atoms with van der Waals surface area (Å²) in [5, 5.41) is 7.78. The number of hydroxylamine groups is 1. The predicted octanol–water partition coefficient (Wildman–Crippen LogP) is -0.254. The molecule has 0 saturated heterocycles. The summed E-state index contributed by atoms with van der Waals surface area (Å²) >= 11 is 0. The van der Waals surface area contributed by atoms with E-state index in [1.165, 1.54) is 0 Å². The fourth-order valence-electron chi connectivity index (χ4n) is 0.132. The number of nitrogens with one attached hydrogen (secondary N) is 1. The van der Waals surface area contributed by atoms with Crippen LogP contribution in [0.15, 0.2) is 12.7 Å². The molecule has 0 aliphatic rings. The Bertz CT molecular complexity index is 154. The van der Waals surface area contributed by atoms with Gasteiger partial charge in [0.25, 0.3) is 0 Å². The maximum absolute atomic E-state index is 10.1. The van der Waals surface area contributed by atoms with Crippen molar-refractivity contribution in [3.63, 3.8) is 0 Å². The van der Waals surface area contributed by atoms with E-state index in [2.05, 4.69) is 16.4 Å². The third-order valence-electron chi connectivity index (χ3n) is 0.457. The first-order valence-electron chi connectivity index (χ1n) is 2.15. The normalized spacial score (nSPS) is 7.70. The minimum absolute atomic E-state index is 0.796. The molecule has 0 aromatic heterocycles. The van der Waals surface area contributed by atoms with Gasteiger partial charge in [0.15, 0.2) is 0 Å². The van der Waals surface area contributed by atoms with Crippen LogP contribution in [0.2, 0.25) is 0 Å². The molecule has 0 rings (SSSR count). The Kier molecular flexibility index (Phi) is 3.66. The van der Waals surface area contributed by atoms with Gasteiger partial charge < -0.3 is 0 Å². The smallest absolute Gasteiger partial charge is 0.286 e. The fraction of sp³-hybridized carbons (Fsp3) is 0. The van der Waals surface area contributed by atoms with Gasteiger partial charge in [0.2, 0.25) is 0 Å². The van der Waals surface area contributed by atoms with E-state index < -0.39 is 12.1 Å². The van der Waals surface area contributed by atoms with E-state index in [1.54, 1.807) is 0 Å². The highest BCUT2D eigenvalue weighted by Crippen LogP contribution is 1.81. The molecule has 0 fully saturated rings. The topological polar surface area (TPSA) is 84.9 Å². The molecule has 0 aliphatic heterocycles. The average Bonchev–Trinajstić information content (AvgIpc) is 1.99. The van der Waals surface area contributed by atoms with Crippen LogP contribution in [0.25, 0.3) is 0 Å². The van der Waals surface area contributed by atoms with Gasteiger partial charge in [-0.25, -0.2) is 19.4 Å². The van der Waals surface area contributed by atoms with Crippen molar-refractivity contribution in [1.82, 2.24) is 5.48 Å². The summed E-state index contributed by atoms with van der Waals surface area (Å²) < 4.78 is 0. The molecule has 1 amide bonds. The van der Waals surface area contributed by atoms with Crippen molar-refractivity contribution in [1.29, 1.82) is 0 Å². The first-order chi connectivity index (χ1) is 4.70. The van der Waals surface area contributed by atoms with Gasteiger partial charge >= 0.3 is 12.1 Å². The summed E-state index contributed by atoms with van der Waals surface area (Å²) in [6, 6.07) is 0. The van der Waals surface area contributed by atoms with Gasteiger partial charge in [-0.15, -0.1) is 0 Å². The molecule has 0 aromatic rings. The highest BCUT2D eigenvalue weighted by atomic mass is 17.2. The molecule has 0 heterocycles. The van der Waals surface area contributed by atoms with Crippen molar-refractivity contribution in [2.75, 3.05) is 0 Å². The van der Waals surface area contributed by atoms with E-state index in [9.17, 15) is 9.59 Å². The minimum Gasteiger partial charge on any atom is -0.286 e. The maximum atomic E-state index is 10.1. The maximum Gasteiger partial charge on any atom is 0.473 e. The van der Waals surface area contributed by atoms with Gasteiger partial charge in [0.05, 0.1) is 0 Å². The summed E-state index contributed by atoms with van der Waals surface area (Å²) in [6.45, 7) is 3.02. The van der Waals surface area contributed by atoms with Crippen LogP contribution in [0, 0.1) is 0 Å². The van der Waals surface area contributed by atoms with Crippen LogP contribution in [0.3, 0.4) is 0 Å². The Morgan fingerprint density at radius 1 is 1.50 bits per heavy atom. The lowest BCUT2D eigenvalue weighted by Crippen LogP contribution is -2.21. The molecule has 0 spiro atoms. The number of rotatable bonds is 1. The van der Waals surface area contributed by atoms with Crippen LogP contribution in [0.4, 0.5) is 4.79 Å². The standard InChI is InChI=1S/C4H5NO5/c1-2-3(6)9-10-4(7)5-8/h2,8H,1H2,(H,5,7). The zero-order valence-electron chi connectivity index (χ0n) is 4.86. The van der Waals surface area contributed by atoms with Crippen LogP contribution in [-0.2, 0) is 14.6 Å². The van der Waals surface area contributed by atoms with Gasteiger partial charge in [-0.2, -0.15) is 5.48 Å². The summed E-state index contributed by atoms with van der Waals surface area (Å²) in [7, 11) is 0. The fourth-order valence-corrected chi connectivity index (χ4v) is 0.132. The lowest BCUT2D eigenvalue weighted by molar-refractivity contribution is -0.229.